The zero-order chi connectivity index (χ0) is 13.7. The van der Waals surface area contributed by atoms with Gasteiger partial charge in [-0.1, -0.05) is 29.1 Å². The zero-order valence-electron chi connectivity index (χ0n) is 8.96. The molecule has 0 aliphatic carbocycles. The third-order valence-electron chi connectivity index (χ3n) is 1.87. The molecule has 0 bridgehead atoms. The maximum atomic E-state index is 11.4. The van der Waals surface area contributed by atoms with Gasteiger partial charge in [0.05, 0.1) is 22.8 Å². The lowest BCUT2D eigenvalue weighted by molar-refractivity contribution is 0.0698. The highest BCUT2D eigenvalue weighted by Crippen LogP contribution is 2.30. The number of aromatic carboxylic acids is 1. The molecule has 0 unspecified atom stereocenters. The van der Waals surface area contributed by atoms with Crippen LogP contribution >= 0.6 is 23.2 Å². The second-order valence-corrected chi connectivity index (χ2v) is 3.97. The van der Waals surface area contributed by atoms with E-state index >= 15 is 0 Å². The molecule has 0 aliphatic rings. The van der Waals surface area contributed by atoms with Gasteiger partial charge in [-0.15, -0.1) is 6.42 Å². The van der Waals surface area contributed by atoms with Crippen LogP contribution < -0.4 is 10.6 Å². The molecule has 0 aliphatic heterocycles. The normalized spacial score (nSPS) is 9.39. The highest BCUT2D eigenvalue weighted by molar-refractivity contribution is 6.37. The molecule has 94 valence electrons. The Bertz CT molecular complexity index is 538. The average molecular weight is 287 g/mol. The Morgan fingerprint density at radius 2 is 2.06 bits per heavy atom. The number of hydrogen-bond donors (Lipinski definition) is 3. The van der Waals surface area contributed by atoms with Crippen LogP contribution in [0.1, 0.15) is 10.4 Å². The third kappa shape index (κ3) is 3.55. The molecule has 1 rings (SSSR count). The Kier molecular flexibility index (Phi) is 4.84. The fourth-order valence-corrected chi connectivity index (χ4v) is 1.70. The molecule has 18 heavy (non-hydrogen) atoms. The standard InChI is InChI=1S/C11H8Cl2N2O3/c1-2-3-14-11(18)15-9-7(10(16)17)4-6(12)5-8(9)13/h1,4-5H,3H2,(H,16,17)(H2,14,15,18). The number of anilines is 1. The summed E-state index contributed by atoms with van der Waals surface area (Å²) in [6.45, 7) is 0.0133. The van der Waals surface area contributed by atoms with Crippen LogP contribution in [-0.2, 0) is 0 Å². The predicted octanol–water partition coefficient (Wildman–Crippen LogP) is 2.45. The molecule has 1 aromatic rings. The van der Waals surface area contributed by atoms with E-state index in [-0.39, 0.29) is 27.8 Å². The van der Waals surface area contributed by atoms with E-state index in [1.807, 2.05) is 0 Å². The number of urea groups is 1. The molecule has 0 fully saturated rings. The van der Waals surface area contributed by atoms with Gasteiger partial charge in [0.25, 0.3) is 0 Å². The number of terminal acetylenes is 1. The molecular formula is C11H8Cl2N2O3. The number of carbonyl (C=O) groups is 2. The maximum Gasteiger partial charge on any atom is 0.337 e. The van der Waals surface area contributed by atoms with Crippen molar-refractivity contribution in [3.63, 3.8) is 0 Å². The molecule has 7 heteroatoms. The fourth-order valence-electron chi connectivity index (χ4n) is 1.16. The molecule has 0 spiro atoms. The highest BCUT2D eigenvalue weighted by atomic mass is 35.5. The minimum absolute atomic E-state index is 0.0133. The van der Waals surface area contributed by atoms with Crippen molar-refractivity contribution in [1.82, 2.24) is 5.32 Å². The van der Waals surface area contributed by atoms with E-state index in [4.69, 9.17) is 34.7 Å². The lowest BCUT2D eigenvalue weighted by Crippen LogP contribution is -2.29. The van der Waals surface area contributed by atoms with Crippen molar-refractivity contribution in [3.05, 3.63) is 27.7 Å². The summed E-state index contributed by atoms with van der Waals surface area (Å²) in [7, 11) is 0. The van der Waals surface area contributed by atoms with E-state index in [1.54, 1.807) is 0 Å². The van der Waals surface area contributed by atoms with Crippen LogP contribution in [0.15, 0.2) is 12.1 Å². The van der Waals surface area contributed by atoms with Crippen LogP contribution in [0.25, 0.3) is 0 Å². The first-order valence-electron chi connectivity index (χ1n) is 4.66. The van der Waals surface area contributed by atoms with Crippen molar-refractivity contribution >= 4 is 40.9 Å². The quantitative estimate of drug-likeness (QED) is 0.747. The van der Waals surface area contributed by atoms with Crippen LogP contribution in [0, 0.1) is 12.3 Å². The average Bonchev–Trinajstić information content (AvgIpc) is 2.29. The SMILES string of the molecule is C#CCNC(=O)Nc1c(Cl)cc(Cl)cc1C(=O)O. The van der Waals surface area contributed by atoms with Gasteiger partial charge in [0, 0.05) is 5.02 Å². The van der Waals surface area contributed by atoms with Gasteiger partial charge in [0.1, 0.15) is 0 Å². The number of carbonyl (C=O) groups excluding carboxylic acids is 1. The van der Waals surface area contributed by atoms with Gasteiger partial charge in [-0.25, -0.2) is 9.59 Å². The zero-order valence-corrected chi connectivity index (χ0v) is 10.5. The van der Waals surface area contributed by atoms with E-state index in [9.17, 15) is 9.59 Å². The second-order valence-electron chi connectivity index (χ2n) is 3.13. The van der Waals surface area contributed by atoms with Crippen molar-refractivity contribution < 1.29 is 14.7 Å². The fraction of sp³-hybridized carbons (Fsp3) is 0.0909. The maximum absolute atomic E-state index is 11.4. The van der Waals surface area contributed by atoms with Gasteiger partial charge in [-0.2, -0.15) is 0 Å². The summed E-state index contributed by atoms with van der Waals surface area (Å²) < 4.78 is 0. The van der Waals surface area contributed by atoms with Crippen molar-refractivity contribution in [3.8, 4) is 12.3 Å². The highest BCUT2D eigenvalue weighted by Gasteiger charge is 2.16. The van der Waals surface area contributed by atoms with Gasteiger partial charge >= 0.3 is 12.0 Å². The van der Waals surface area contributed by atoms with Gasteiger partial charge in [-0.3, -0.25) is 0 Å². The lowest BCUT2D eigenvalue weighted by Gasteiger charge is -2.11. The number of carboxylic acids is 1. The Morgan fingerprint density at radius 1 is 1.39 bits per heavy atom. The summed E-state index contributed by atoms with van der Waals surface area (Å²) in [6.07, 6.45) is 4.97. The molecular weight excluding hydrogens is 279 g/mol. The second kappa shape index (κ2) is 6.15. The molecule has 1 aromatic carbocycles. The van der Waals surface area contributed by atoms with Crippen molar-refractivity contribution in [2.45, 2.75) is 0 Å². The number of nitrogens with one attached hydrogen (secondary N) is 2. The third-order valence-corrected chi connectivity index (χ3v) is 2.39. The van der Waals surface area contributed by atoms with E-state index in [0.717, 1.165) is 0 Å². The van der Waals surface area contributed by atoms with Crippen molar-refractivity contribution in [2.24, 2.45) is 0 Å². The van der Waals surface area contributed by atoms with E-state index in [2.05, 4.69) is 16.6 Å². The molecule has 3 N–H and O–H groups in total. The molecule has 0 atom stereocenters. The van der Waals surface area contributed by atoms with E-state index in [1.165, 1.54) is 12.1 Å². The van der Waals surface area contributed by atoms with Crippen LogP contribution in [0.3, 0.4) is 0 Å². The summed E-state index contributed by atoms with van der Waals surface area (Å²) in [4.78, 5) is 22.4. The summed E-state index contributed by atoms with van der Waals surface area (Å²) in [5, 5.41) is 13.8. The summed E-state index contributed by atoms with van der Waals surface area (Å²) >= 11 is 11.5. The number of hydrogen-bond acceptors (Lipinski definition) is 2. The summed E-state index contributed by atoms with van der Waals surface area (Å²) in [5.41, 5.74) is -0.244. The Labute approximate surface area is 113 Å². The first-order chi connectivity index (χ1) is 8.45. The molecule has 0 saturated heterocycles. The molecule has 0 radical (unpaired) electrons. The predicted molar refractivity (Wildman–Crippen MR) is 69.3 cm³/mol. The molecule has 0 saturated carbocycles. The summed E-state index contributed by atoms with van der Waals surface area (Å²) in [6, 6.07) is 1.86. The van der Waals surface area contributed by atoms with Crippen LogP contribution in [-0.4, -0.2) is 23.7 Å². The number of carboxylic acid groups (broad SMARTS) is 1. The smallest absolute Gasteiger partial charge is 0.337 e. The van der Waals surface area contributed by atoms with E-state index in [0.29, 0.717) is 0 Å². The van der Waals surface area contributed by atoms with Gasteiger partial charge < -0.3 is 15.7 Å². The number of rotatable bonds is 3. The van der Waals surface area contributed by atoms with Gasteiger partial charge in [0.2, 0.25) is 0 Å². The Balaban J connectivity index is 3.04. The monoisotopic (exact) mass is 286 g/mol. The largest absolute Gasteiger partial charge is 0.478 e. The minimum Gasteiger partial charge on any atom is -0.478 e. The number of halogens is 2. The summed E-state index contributed by atoms with van der Waals surface area (Å²) in [5.74, 6) is 0.945. The molecule has 0 heterocycles. The van der Waals surface area contributed by atoms with Crippen LogP contribution in [0.5, 0.6) is 0 Å². The first-order valence-corrected chi connectivity index (χ1v) is 5.42. The molecule has 5 nitrogen and oxygen atoms in total. The number of amides is 2. The lowest BCUT2D eigenvalue weighted by atomic mass is 10.2. The van der Waals surface area contributed by atoms with Gasteiger partial charge in [-0.05, 0) is 12.1 Å². The number of benzene rings is 1. The van der Waals surface area contributed by atoms with Gasteiger partial charge in [0.15, 0.2) is 0 Å². The molecule has 2 amide bonds. The topological polar surface area (TPSA) is 78.4 Å². The van der Waals surface area contributed by atoms with Crippen LogP contribution in [0.2, 0.25) is 10.0 Å². The van der Waals surface area contributed by atoms with Crippen LogP contribution in [0.4, 0.5) is 10.5 Å². The van der Waals surface area contributed by atoms with Crippen molar-refractivity contribution in [1.29, 1.82) is 0 Å². The Morgan fingerprint density at radius 3 is 2.61 bits per heavy atom. The first kappa shape index (κ1) is 14.2. The van der Waals surface area contributed by atoms with Crippen molar-refractivity contribution in [2.75, 3.05) is 11.9 Å². The Hall–Kier alpha value is -1.90. The molecule has 0 aromatic heterocycles. The van der Waals surface area contributed by atoms with E-state index < -0.39 is 12.0 Å². The minimum atomic E-state index is -1.26.